The van der Waals surface area contributed by atoms with E-state index in [4.69, 9.17) is 4.74 Å². The molecule has 1 aliphatic rings. The Kier molecular flexibility index (Phi) is 6.88. The first-order valence-corrected chi connectivity index (χ1v) is 9.84. The number of piperazine rings is 1. The molecule has 0 bridgehead atoms. The number of rotatable bonds is 8. The van der Waals surface area contributed by atoms with Gasteiger partial charge in [0.25, 0.3) is 0 Å². The molecule has 0 aliphatic carbocycles. The van der Waals surface area contributed by atoms with Crippen LogP contribution in [-0.2, 0) is 6.54 Å². The minimum Gasteiger partial charge on any atom is -0.497 e. The summed E-state index contributed by atoms with van der Waals surface area (Å²) in [6, 6.07) is 8.47. The minimum atomic E-state index is 0.244. The Morgan fingerprint density at radius 2 is 2.00 bits per heavy atom. The van der Waals surface area contributed by atoms with E-state index in [-0.39, 0.29) is 6.61 Å². The number of benzene rings is 1. The molecule has 27 heavy (non-hydrogen) atoms. The highest BCUT2D eigenvalue weighted by Gasteiger charge is 2.27. The van der Waals surface area contributed by atoms with Gasteiger partial charge >= 0.3 is 0 Å². The average Bonchev–Trinajstić information content (AvgIpc) is 3.12. The van der Waals surface area contributed by atoms with Crippen molar-refractivity contribution < 1.29 is 9.84 Å². The van der Waals surface area contributed by atoms with E-state index < -0.39 is 0 Å². The standard InChI is InChI=1S/C21H32N4O2/c1-17(2)14-24-12-11-23(15-19(24)8-13-26)16-21-22-9-10-25(21)18-4-6-20(27-3)7-5-18/h4-7,9-10,17,19,26H,8,11-16H2,1-3H3. The molecular weight excluding hydrogens is 340 g/mol. The molecule has 3 rings (SSSR count). The van der Waals surface area contributed by atoms with Crippen molar-refractivity contribution in [3.63, 3.8) is 0 Å². The van der Waals surface area contributed by atoms with E-state index in [1.807, 2.05) is 24.5 Å². The molecule has 1 aliphatic heterocycles. The Morgan fingerprint density at radius 3 is 2.67 bits per heavy atom. The van der Waals surface area contributed by atoms with Crippen molar-refractivity contribution in [2.75, 3.05) is 39.9 Å². The molecule has 1 atom stereocenters. The van der Waals surface area contributed by atoms with Gasteiger partial charge < -0.3 is 14.4 Å². The molecule has 6 heteroatoms. The highest BCUT2D eigenvalue weighted by molar-refractivity contribution is 5.38. The van der Waals surface area contributed by atoms with Crippen LogP contribution >= 0.6 is 0 Å². The largest absolute Gasteiger partial charge is 0.497 e. The van der Waals surface area contributed by atoms with Crippen molar-refractivity contribution >= 4 is 0 Å². The first kappa shape index (κ1) is 19.9. The van der Waals surface area contributed by atoms with E-state index >= 15 is 0 Å². The lowest BCUT2D eigenvalue weighted by atomic mass is 10.1. The van der Waals surface area contributed by atoms with Gasteiger partial charge in [-0.25, -0.2) is 4.98 Å². The fourth-order valence-corrected chi connectivity index (χ4v) is 3.86. The molecule has 1 saturated heterocycles. The van der Waals surface area contributed by atoms with Crippen LogP contribution in [0.4, 0.5) is 0 Å². The molecule has 1 unspecified atom stereocenters. The number of aromatic nitrogens is 2. The molecular formula is C21H32N4O2. The van der Waals surface area contributed by atoms with Crippen LogP contribution in [0.5, 0.6) is 5.75 Å². The quantitative estimate of drug-likeness (QED) is 0.771. The van der Waals surface area contributed by atoms with Crippen LogP contribution in [0, 0.1) is 5.92 Å². The maximum Gasteiger partial charge on any atom is 0.127 e. The number of methoxy groups -OCH3 is 1. The van der Waals surface area contributed by atoms with Crippen molar-refractivity contribution in [1.29, 1.82) is 0 Å². The van der Waals surface area contributed by atoms with Gasteiger partial charge in [0.2, 0.25) is 0 Å². The number of hydrogen-bond donors (Lipinski definition) is 1. The van der Waals surface area contributed by atoms with E-state index in [2.05, 4.69) is 45.3 Å². The molecule has 148 valence electrons. The van der Waals surface area contributed by atoms with Crippen LogP contribution < -0.4 is 4.74 Å². The summed E-state index contributed by atoms with van der Waals surface area (Å²) in [5.74, 6) is 2.54. The van der Waals surface area contributed by atoms with Gasteiger partial charge in [-0.1, -0.05) is 13.8 Å². The smallest absolute Gasteiger partial charge is 0.127 e. The molecule has 1 aromatic heterocycles. The maximum absolute atomic E-state index is 9.48. The monoisotopic (exact) mass is 372 g/mol. The SMILES string of the molecule is COc1ccc(-n2ccnc2CN2CCN(CC(C)C)C(CCO)C2)cc1. The van der Waals surface area contributed by atoms with E-state index in [9.17, 15) is 5.11 Å². The number of imidazole rings is 1. The van der Waals surface area contributed by atoms with Crippen molar-refractivity contribution in [2.24, 2.45) is 5.92 Å². The highest BCUT2D eigenvalue weighted by atomic mass is 16.5. The van der Waals surface area contributed by atoms with Crippen molar-refractivity contribution in [2.45, 2.75) is 32.9 Å². The average molecular weight is 373 g/mol. The first-order chi connectivity index (χ1) is 13.1. The minimum absolute atomic E-state index is 0.244. The summed E-state index contributed by atoms with van der Waals surface area (Å²) in [6.07, 6.45) is 4.70. The lowest BCUT2D eigenvalue weighted by Crippen LogP contribution is -2.54. The Morgan fingerprint density at radius 1 is 1.22 bits per heavy atom. The third-order valence-electron chi connectivity index (χ3n) is 5.18. The van der Waals surface area contributed by atoms with Crippen molar-refractivity contribution in [1.82, 2.24) is 19.4 Å². The van der Waals surface area contributed by atoms with Gasteiger partial charge in [-0.2, -0.15) is 0 Å². The normalized spacial score (nSPS) is 18.9. The van der Waals surface area contributed by atoms with Gasteiger partial charge in [-0.05, 0) is 36.6 Å². The fourth-order valence-electron chi connectivity index (χ4n) is 3.86. The Bertz CT molecular complexity index is 698. The van der Waals surface area contributed by atoms with Gasteiger partial charge in [-0.3, -0.25) is 9.80 Å². The van der Waals surface area contributed by atoms with Gasteiger partial charge in [0.15, 0.2) is 0 Å². The fraction of sp³-hybridized carbons (Fsp3) is 0.571. The maximum atomic E-state index is 9.48. The summed E-state index contributed by atoms with van der Waals surface area (Å²) in [6.45, 7) is 9.73. The van der Waals surface area contributed by atoms with Crippen molar-refractivity contribution in [3.8, 4) is 11.4 Å². The molecule has 2 heterocycles. The third kappa shape index (κ3) is 5.09. The second-order valence-corrected chi connectivity index (χ2v) is 7.70. The summed E-state index contributed by atoms with van der Waals surface area (Å²) in [5, 5.41) is 9.48. The summed E-state index contributed by atoms with van der Waals surface area (Å²) in [7, 11) is 1.68. The lowest BCUT2D eigenvalue weighted by Gasteiger charge is -2.42. The molecule has 1 fully saturated rings. The number of aliphatic hydroxyl groups excluding tert-OH is 1. The number of nitrogens with zero attached hydrogens (tertiary/aromatic N) is 4. The van der Waals surface area contributed by atoms with Gasteiger partial charge in [0, 0.05) is 56.9 Å². The predicted octanol–water partition coefficient (Wildman–Crippen LogP) is 2.41. The van der Waals surface area contributed by atoms with E-state index in [1.165, 1.54) is 0 Å². The first-order valence-electron chi connectivity index (χ1n) is 9.84. The molecule has 0 spiro atoms. The van der Waals surface area contributed by atoms with Crippen LogP contribution in [0.1, 0.15) is 26.1 Å². The zero-order valence-corrected chi connectivity index (χ0v) is 16.7. The molecule has 2 aromatic rings. The Balaban J connectivity index is 1.68. The second-order valence-electron chi connectivity index (χ2n) is 7.70. The van der Waals surface area contributed by atoms with Crippen LogP contribution in [-0.4, -0.2) is 70.4 Å². The predicted molar refractivity (Wildman–Crippen MR) is 107 cm³/mol. The van der Waals surface area contributed by atoms with E-state index in [0.717, 1.165) is 56.4 Å². The molecule has 0 radical (unpaired) electrons. The number of hydrogen-bond acceptors (Lipinski definition) is 5. The molecule has 0 amide bonds. The van der Waals surface area contributed by atoms with Crippen LogP contribution in [0.3, 0.4) is 0 Å². The Hall–Kier alpha value is -1.89. The zero-order valence-electron chi connectivity index (χ0n) is 16.7. The highest BCUT2D eigenvalue weighted by Crippen LogP contribution is 2.20. The molecule has 0 saturated carbocycles. The van der Waals surface area contributed by atoms with E-state index in [1.54, 1.807) is 7.11 Å². The lowest BCUT2D eigenvalue weighted by molar-refractivity contribution is 0.0463. The number of ether oxygens (including phenoxy) is 1. The second kappa shape index (κ2) is 9.35. The van der Waals surface area contributed by atoms with E-state index in [0.29, 0.717) is 12.0 Å². The summed E-state index contributed by atoms with van der Waals surface area (Å²) in [5.41, 5.74) is 1.09. The summed E-state index contributed by atoms with van der Waals surface area (Å²) < 4.78 is 7.39. The van der Waals surface area contributed by atoms with Gasteiger partial charge in [0.1, 0.15) is 11.6 Å². The molecule has 6 nitrogen and oxygen atoms in total. The van der Waals surface area contributed by atoms with Gasteiger partial charge in [-0.15, -0.1) is 0 Å². The van der Waals surface area contributed by atoms with Crippen molar-refractivity contribution in [3.05, 3.63) is 42.5 Å². The summed E-state index contributed by atoms with van der Waals surface area (Å²) >= 11 is 0. The topological polar surface area (TPSA) is 53.8 Å². The molecule has 1 aromatic carbocycles. The zero-order chi connectivity index (χ0) is 19.2. The third-order valence-corrected chi connectivity index (χ3v) is 5.18. The van der Waals surface area contributed by atoms with Crippen LogP contribution in [0.15, 0.2) is 36.7 Å². The molecule has 1 N–H and O–H groups in total. The summed E-state index contributed by atoms with van der Waals surface area (Å²) in [4.78, 5) is 9.59. The number of aliphatic hydroxyl groups is 1. The van der Waals surface area contributed by atoms with Crippen LogP contribution in [0.2, 0.25) is 0 Å². The van der Waals surface area contributed by atoms with Gasteiger partial charge in [0.05, 0.1) is 13.7 Å². The Labute approximate surface area is 162 Å². The van der Waals surface area contributed by atoms with Crippen LogP contribution in [0.25, 0.3) is 5.69 Å².